The second-order valence-corrected chi connectivity index (χ2v) is 6.45. The van der Waals surface area contributed by atoms with Crippen LogP contribution < -0.4 is 5.32 Å². The summed E-state index contributed by atoms with van der Waals surface area (Å²) in [6, 6.07) is 9.94. The molecule has 4 nitrogen and oxygen atoms in total. The van der Waals surface area contributed by atoms with Gasteiger partial charge >= 0.3 is 5.97 Å². The van der Waals surface area contributed by atoms with E-state index in [1.807, 2.05) is 49.4 Å². The molecule has 124 valence electrons. The molecule has 1 aliphatic rings. The number of amides is 1. The fraction of sp³-hybridized carbons (Fsp3) is 0.474. The smallest absolute Gasteiger partial charge is 0.308 e. The van der Waals surface area contributed by atoms with Crippen molar-refractivity contribution in [2.75, 3.05) is 0 Å². The lowest BCUT2D eigenvalue weighted by molar-refractivity contribution is -0.146. The van der Waals surface area contributed by atoms with Gasteiger partial charge < -0.3 is 10.4 Å². The number of aliphatic carboxylic acids is 1. The standard InChI is InChI=1S/C19H25NO3/c1-19(14-8-7-12-16(19)18(22)23)20-17(21)13-6-5-11-15-9-3-2-4-10-15/h2-5,9-11,16H,6-8,12-14H2,1H3,(H,20,21)(H,22,23)/b11-5+. The van der Waals surface area contributed by atoms with Crippen molar-refractivity contribution in [1.29, 1.82) is 0 Å². The summed E-state index contributed by atoms with van der Waals surface area (Å²) in [5, 5.41) is 12.3. The first-order chi connectivity index (χ1) is 11.0. The van der Waals surface area contributed by atoms with E-state index in [2.05, 4.69) is 5.32 Å². The van der Waals surface area contributed by atoms with Gasteiger partial charge in [0.1, 0.15) is 0 Å². The van der Waals surface area contributed by atoms with Crippen LogP contribution in [0, 0.1) is 5.92 Å². The van der Waals surface area contributed by atoms with Gasteiger partial charge in [0.2, 0.25) is 5.91 Å². The Morgan fingerprint density at radius 2 is 2.04 bits per heavy atom. The first kappa shape index (κ1) is 17.3. The number of rotatable bonds is 6. The monoisotopic (exact) mass is 315 g/mol. The van der Waals surface area contributed by atoms with E-state index < -0.39 is 17.4 Å². The van der Waals surface area contributed by atoms with Crippen molar-refractivity contribution in [3.05, 3.63) is 42.0 Å². The second-order valence-electron chi connectivity index (χ2n) is 6.45. The van der Waals surface area contributed by atoms with Crippen LogP contribution in [0.2, 0.25) is 0 Å². The van der Waals surface area contributed by atoms with Gasteiger partial charge in [-0.2, -0.15) is 0 Å². The lowest BCUT2D eigenvalue weighted by Gasteiger charge is -2.39. The van der Waals surface area contributed by atoms with Crippen molar-refractivity contribution >= 4 is 18.0 Å². The summed E-state index contributed by atoms with van der Waals surface area (Å²) in [5.74, 6) is -1.37. The third-order valence-electron chi connectivity index (χ3n) is 4.58. The minimum Gasteiger partial charge on any atom is -0.481 e. The lowest BCUT2D eigenvalue weighted by Crippen LogP contribution is -2.55. The molecule has 2 rings (SSSR count). The van der Waals surface area contributed by atoms with E-state index in [0.29, 0.717) is 19.3 Å². The Hall–Kier alpha value is -2.10. The van der Waals surface area contributed by atoms with E-state index in [4.69, 9.17) is 0 Å². The highest BCUT2D eigenvalue weighted by molar-refractivity contribution is 5.79. The highest BCUT2D eigenvalue weighted by Gasteiger charge is 2.41. The number of benzene rings is 1. The molecule has 0 aliphatic heterocycles. The molecule has 0 heterocycles. The van der Waals surface area contributed by atoms with Crippen LogP contribution in [0.25, 0.3) is 6.08 Å². The first-order valence-corrected chi connectivity index (χ1v) is 8.27. The van der Waals surface area contributed by atoms with E-state index in [-0.39, 0.29) is 5.91 Å². The van der Waals surface area contributed by atoms with Gasteiger partial charge in [-0.1, -0.05) is 55.3 Å². The zero-order valence-electron chi connectivity index (χ0n) is 13.6. The van der Waals surface area contributed by atoms with Gasteiger partial charge in [-0.25, -0.2) is 0 Å². The molecule has 1 fully saturated rings. The van der Waals surface area contributed by atoms with Gasteiger partial charge in [-0.3, -0.25) is 9.59 Å². The maximum absolute atomic E-state index is 12.2. The fourth-order valence-electron chi connectivity index (χ4n) is 3.26. The summed E-state index contributed by atoms with van der Waals surface area (Å²) in [7, 11) is 0. The van der Waals surface area contributed by atoms with Crippen molar-refractivity contribution in [3.8, 4) is 0 Å². The average Bonchev–Trinajstić information content (AvgIpc) is 2.52. The summed E-state index contributed by atoms with van der Waals surface area (Å²) in [6.45, 7) is 1.86. The van der Waals surface area contributed by atoms with Crippen molar-refractivity contribution in [2.45, 2.75) is 51.0 Å². The fourth-order valence-corrected chi connectivity index (χ4v) is 3.26. The lowest BCUT2D eigenvalue weighted by atomic mass is 9.74. The predicted octanol–water partition coefficient (Wildman–Crippen LogP) is 3.63. The van der Waals surface area contributed by atoms with Crippen LogP contribution in [0.3, 0.4) is 0 Å². The van der Waals surface area contributed by atoms with E-state index in [0.717, 1.165) is 24.8 Å². The number of carboxylic acids is 1. The van der Waals surface area contributed by atoms with Crippen LogP contribution in [0.15, 0.2) is 36.4 Å². The number of carbonyl (C=O) groups is 2. The van der Waals surface area contributed by atoms with Crippen LogP contribution in [0.4, 0.5) is 0 Å². The minimum absolute atomic E-state index is 0.0710. The summed E-state index contributed by atoms with van der Waals surface area (Å²) in [6.07, 6.45) is 8.26. The van der Waals surface area contributed by atoms with Gasteiger partial charge in [0.15, 0.2) is 0 Å². The molecule has 1 aromatic rings. The highest BCUT2D eigenvalue weighted by Crippen LogP contribution is 2.33. The van der Waals surface area contributed by atoms with Gasteiger partial charge in [-0.15, -0.1) is 0 Å². The van der Waals surface area contributed by atoms with E-state index >= 15 is 0 Å². The molecule has 23 heavy (non-hydrogen) atoms. The Balaban J connectivity index is 1.83. The van der Waals surface area contributed by atoms with Crippen molar-refractivity contribution in [1.82, 2.24) is 5.32 Å². The summed E-state index contributed by atoms with van der Waals surface area (Å²) in [4.78, 5) is 23.6. The van der Waals surface area contributed by atoms with Gasteiger partial charge in [0.05, 0.1) is 11.5 Å². The number of nitrogens with one attached hydrogen (secondary N) is 1. The van der Waals surface area contributed by atoms with Crippen LogP contribution in [-0.4, -0.2) is 22.5 Å². The Labute approximate surface area is 137 Å². The molecule has 4 heteroatoms. The number of carbonyl (C=O) groups excluding carboxylic acids is 1. The molecule has 0 radical (unpaired) electrons. The molecular weight excluding hydrogens is 290 g/mol. The van der Waals surface area contributed by atoms with Crippen LogP contribution in [0.5, 0.6) is 0 Å². The normalized spacial score (nSPS) is 24.5. The molecule has 2 unspecified atom stereocenters. The summed E-state index contributed by atoms with van der Waals surface area (Å²) in [5.41, 5.74) is 0.489. The van der Waals surface area contributed by atoms with E-state index in [1.165, 1.54) is 0 Å². The molecule has 1 saturated carbocycles. The zero-order valence-corrected chi connectivity index (χ0v) is 13.6. The largest absolute Gasteiger partial charge is 0.481 e. The van der Waals surface area contributed by atoms with Crippen LogP contribution >= 0.6 is 0 Å². The van der Waals surface area contributed by atoms with E-state index in [1.54, 1.807) is 0 Å². The molecule has 0 aromatic heterocycles. The number of hydrogen-bond donors (Lipinski definition) is 2. The van der Waals surface area contributed by atoms with Crippen molar-refractivity contribution in [2.24, 2.45) is 5.92 Å². The number of hydrogen-bond acceptors (Lipinski definition) is 2. The molecule has 2 atom stereocenters. The third-order valence-corrected chi connectivity index (χ3v) is 4.58. The zero-order chi connectivity index (χ0) is 16.7. The second kappa shape index (κ2) is 7.95. The third kappa shape index (κ3) is 4.95. The van der Waals surface area contributed by atoms with Crippen LogP contribution in [0.1, 0.15) is 51.0 Å². The minimum atomic E-state index is -0.809. The quantitative estimate of drug-likeness (QED) is 0.842. The molecule has 0 bridgehead atoms. The molecule has 1 aliphatic carbocycles. The number of carboxylic acid groups (broad SMARTS) is 1. The van der Waals surface area contributed by atoms with Gasteiger partial charge in [0.25, 0.3) is 0 Å². The van der Waals surface area contributed by atoms with Gasteiger partial charge in [-0.05, 0) is 31.7 Å². The van der Waals surface area contributed by atoms with E-state index in [9.17, 15) is 14.7 Å². The van der Waals surface area contributed by atoms with Crippen molar-refractivity contribution < 1.29 is 14.7 Å². The molecule has 0 saturated heterocycles. The van der Waals surface area contributed by atoms with Crippen LogP contribution in [-0.2, 0) is 9.59 Å². The Bertz CT molecular complexity index is 567. The van der Waals surface area contributed by atoms with Crippen molar-refractivity contribution in [3.63, 3.8) is 0 Å². The maximum Gasteiger partial charge on any atom is 0.308 e. The summed E-state index contributed by atoms with van der Waals surface area (Å²) >= 11 is 0. The highest BCUT2D eigenvalue weighted by atomic mass is 16.4. The Kier molecular flexibility index (Phi) is 5.97. The van der Waals surface area contributed by atoms with Gasteiger partial charge in [0, 0.05) is 6.42 Å². The molecule has 1 aromatic carbocycles. The summed E-state index contributed by atoms with van der Waals surface area (Å²) < 4.78 is 0. The Morgan fingerprint density at radius 3 is 2.74 bits per heavy atom. The molecule has 1 amide bonds. The average molecular weight is 315 g/mol. The molecular formula is C19H25NO3. The number of allylic oxidation sites excluding steroid dienone is 1. The first-order valence-electron chi connectivity index (χ1n) is 8.27. The molecule has 0 spiro atoms. The Morgan fingerprint density at radius 1 is 1.30 bits per heavy atom. The predicted molar refractivity (Wildman–Crippen MR) is 90.9 cm³/mol. The maximum atomic E-state index is 12.2. The molecule has 2 N–H and O–H groups in total. The topological polar surface area (TPSA) is 66.4 Å². The SMILES string of the molecule is CC1(NC(=O)CC/C=C/c2ccccc2)CCCCC1C(=O)O.